The number of para-hydroxylation sites is 2. The van der Waals surface area contributed by atoms with Crippen LogP contribution >= 0.6 is 11.9 Å². The van der Waals surface area contributed by atoms with Gasteiger partial charge in [-0.05, 0) is 37.1 Å². The number of nitrogens with zero attached hydrogens (tertiary/aromatic N) is 1. The molecule has 2 rings (SSSR count). The topological polar surface area (TPSA) is 81.5 Å². The molecule has 2 aromatic carbocycles. The van der Waals surface area contributed by atoms with Crippen LogP contribution in [0.25, 0.3) is 0 Å². The van der Waals surface area contributed by atoms with Crippen LogP contribution in [0.3, 0.4) is 0 Å². The van der Waals surface area contributed by atoms with Gasteiger partial charge >= 0.3 is 5.97 Å². The van der Waals surface area contributed by atoms with E-state index in [0.717, 1.165) is 11.9 Å². The number of benzene rings is 2. The fourth-order valence-electron chi connectivity index (χ4n) is 1.76. The molecular weight excluding hydrogens is 304 g/mol. The van der Waals surface area contributed by atoms with E-state index in [1.54, 1.807) is 49.4 Å². The van der Waals surface area contributed by atoms with E-state index in [2.05, 4.69) is 4.72 Å². The van der Waals surface area contributed by atoms with Gasteiger partial charge in [0.05, 0.1) is 22.8 Å². The van der Waals surface area contributed by atoms with Crippen molar-refractivity contribution < 1.29 is 14.5 Å². The summed E-state index contributed by atoms with van der Waals surface area (Å²) < 4.78 is 7.96. The zero-order valence-electron chi connectivity index (χ0n) is 11.8. The van der Waals surface area contributed by atoms with Gasteiger partial charge in [0.1, 0.15) is 4.90 Å². The number of nitrogens with one attached hydrogen (secondary N) is 1. The van der Waals surface area contributed by atoms with E-state index in [0.29, 0.717) is 16.1 Å². The number of ether oxygens (including phenoxy) is 1. The first-order valence-electron chi connectivity index (χ1n) is 6.56. The second-order valence-corrected chi connectivity index (χ2v) is 5.04. The molecule has 0 aliphatic carbocycles. The number of nitro groups is 1. The second-order valence-electron chi connectivity index (χ2n) is 4.20. The highest BCUT2D eigenvalue weighted by atomic mass is 32.2. The van der Waals surface area contributed by atoms with E-state index in [1.807, 2.05) is 0 Å². The molecular formula is C15H14N2O4S. The Kier molecular flexibility index (Phi) is 5.37. The van der Waals surface area contributed by atoms with Crippen LogP contribution in [0.1, 0.15) is 17.3 Å². The van der Waals surface area contributed by atoms with Crippen LogP contribution < -0.4 is 4.72 Å². The van der Waals surface area contributed by atoms with Gasteiger partial charge in [0.2, 0.25) is 0 Å². The summed E-state index contributed by atoms with van der Waals surface area (Å²) in [5.41, 5.74) is 0.938. The van der Waals surface area contributed by atoms with Gasteiger partial charge in [-0.25, -0.2) is 4.79 Å². The number of anilines is 1. The van der Waals surface area contributed by atoms with Crippen LogP contribution in [0, 0.1) is 10.1 Å². The van der Waals surface area contributed by atoms with E-state index >= 15 is 0 Å². The number of nitro benzene ring substituents is 1. The average Bonchev–Trinajstić information content (AvgIpc) is 2.53. The van der Waals surface area contributed by atoms with Crippen molar-refractivity contribution in [2.24, 2.45) is 0 Å². The Hall–Kier alpha value is -2.54. The lowest BCUT2D eigenvalue weighted by molar-refractivity contribution is -0.387. The smallest absolute Gasteiger partial charge is 0.340 e. The van der Waals surface area contributed by atoms with Gasteiger partial charge in [0.15, 0.2) is 0 Å². The van der Waals surface area contributed by atoms with Crippen molar-refractivity contribution in [3.63, 3.8) is 0 Å². The number of carbonyl (C=O) groups is 1. The van der Waals surface area contributed by atoms with Crippen LogP contribution in [0.4, 0.5) is 11.4 Å². The average molecular weight is 318 g/mol. The van der Waals surface area contributed by atoms with Crippen molar-refractivity contribution in [1.82, 2.24) is 0 Å². The lowest BCUT2D eigenvalue weighted by atomic mass is 10.2. The summed E-state index contributed by atoms with van der Waals surface area (Å²) in [6.45, 7) is 2.01. The molecule has 0 unspecified atom stereocenters. The first-order valence-corrected chi connectivity index (χ1v) is 7.37. The minimum absolute atomic E-state index is 0.00798. The van der Waals surface area contributed by atoms with E-state index in [-0.39, 0.29) is 12.3 Å². The zero-order valence-corrected chi connectivity index (χ0v) is 12.6. The molecule has 0 saturated carbocycles. The van der Waals surface area contributed by atoms with Crippen molar-refractivity contribution in [3.8, 4) is 0 Å². The second kappa shape index (κ2) is 7.46. The minimum atomic E-state index is -0.443. The van der Waals surface area contributed by atoms with E-state index in [9.17, 15) is 14.9 Å². The third kappa shape index (κ3) is 3.76. The third-order valence-corrected chi connectivity index (χ3v) is 3.64. The van der Waals surface area contributed by atoms with Crippen molar-refractivity contribution in [2.45, 2.75) is 11.8 Å². The molecule has 0 saturated heterocycles. The molecule has 0 aliphatic heterocycles. The van der Waals surface area contributed by atoms with Crippen LogP contribution in [0.5, 0.6) is 0 Å². The third-order valence-electron chi connectivity index (χ3n) is 2.76. The highest BCUT2D eigenvalue weighted by molar-refractivity contribution is 8.00. The predicted octanol–water partition coefficient (Wildman–Crippen LogP) is 3.89. The van der Waals surface area contributed by atoms with Crippen LogP contribution in [0.15, 0.2) is 53.4 Å². The number of hydrogen-bond acceptors (Lipinski definition) is 6. The van der Waals surface area contributed by atoms with Gasteiger partial charge in [-0.2, -0.15) is 0 Å². The Morgan fingerprint density at radius 1 is 1.23 bits per heavy atom. The summed E-state index contributed by atoms with van der Waals surface area (Å²) >= 11 is 1.08. The molecule has 0 atom stereocenters. The number of esters is 1. The highest BCUT2D eigenvalue weighted by Crippen LogP contribution is 2.30. The molecule has 1 N–H and O–H groups in total. The molecule has 0 radical (unpaired) electrons. The highest BCUT2D eigenvalue weighted by Gasteiger charge is 2.15. The van der Waals surface area contributed by atoms with Crippen LogP contribution in [0.2, 0.25) is 0 Å². The maximum absolute atomic E-state index is 11.9. The molecule has 22 heavy (non-hydrogen) atoms. The molecule has 114 valence electrons. The molecule has 0 amide bonds. The van der Waals surface area contributed by atoms with E-state index in [4.69, 9.17) is 4.74 Å². The molecule has 7 heteroatoms. The van der Waals surface area contributed by atoms with Crippen LogP contribution in [-0.4, -0.2) is 17.5 Å². The first-order chi connectivity index (χ1) is 10.6. The van der Waals surface area contributed by atoms with Gasteiger partial charge in [0.25, 0.3) is 5.69 Å². The summed E-state index contributed by atoms with van der Waals surface area (Å²) in [7, 11) is 0. The predicted molar refractivity (Wildman–Crippen MR) is 85.0 cm³/mol. The molecule has 0 spiro atoms. The van der Waals surface area contributed by atoms with Crippen LogP contribution in [-0.2, 0) is 4.74 Å². The fraction of sp³-hybridized carbons (Fsp3) is 0.133. The molecule has 0 fully saturated rings. The van der Waals surface area contributed by atoms with E-state index < -0.39 is 10.9 Å². The van der Waals surface area contributed by atoms with Crippen molar-refractivity contribution in [1.29, 1.82) is 0 Å². The lowest BCUT2D eigenvalue weighted by Crippen LogP contribution is -2.07. The Balaban J connectivity index is 2.19. The van der Waals surface area contributed by atoms with Gasteiger partial charge < -0.3 is 9.46 Å². The number of rotatable bonds is 6. The monoisotopic (exact) mass is 318 g/mol. The van der Waals surface area contributed by atoms with E-state index in [1.165, 1.54) is 6.07 Å². The standard InChI is InChI=1S/C15H14N2O4S/c1-2-21-15(18)11-7-3-4-8-12(11)16-22-14-10-6-5-9-13(14)17(19)20/h3-10,16H,2H2,1H3. The Morgan fingerprint density at radius 2 is 1.91 bits per heavy atom. The minimum Gasteiger partial charge on any atom is -0.462 e. The van der Waals surface area contributed by atoms with Crippen molar-refractivity contribution in [3.05, 3.63) is 64.2 Å². The van der Waals surface area contributed by atoms with Crippen molar-refractivity contribution >= 4 is 29.3 Å². The van der Waals surface area contributed by atoms with Gasteiger partial charge in [-0.3, -0.25) is 10.1 Å². The summed E-state index contributed by atoms with van der Waals surface area (Å²) in [6.07, 6.45) is 0. The Bertz CT molecular complexity index is 691. The van der Waals surface area contributed by atoms with Crippen molar-refractivity contribution in [2.75, 3.05) is 11.3 Å². The molecule has 0 aliphatic rings. The van der Waals surface area contributed by atoms with Gasteiger partial charge in [-0.15, -0.1) is 0 Å². The summed E-state index contributed by atoms with van der Waals surface area (Å²) in [4.78, 5) is 22.9. The molecule has 0 bridgehead atoms. The quantitative estimate of drug-likeness (QED) is 0.376. The normalized spacial score (nSPS) is 10.0. The maximum Gasteiger partial charge on any atom is 0.340 e. The van der Waals surface area contributed by atoms with Gasteiger partial charge in [0, 0.05) is 6.07 Å². The largest absolute Gasteiger partial charge is 0.462 e. The fourth-order valence-corrected chi connectivity index (χ4v) is 2.55. The first kappa shape index (κ1) is 15.8. The maximum atomic E-state index is 11.9. The zero-order chi connectivity index (χ0) is 15.9. The molecule has 6 nitrogen and oxygen atoms in total. The van der Waals surface area contributed by atoms with Gasteiger partial charge in [-0.1, -0.05) is 24.3 Å². The molecule has 0 aromatic heterocycles. The summed E-state index contributed by atoms with van der Waals surface area (Å²) in [6, 6.07) is 13.2. The lowest BCUT2D eigenvalue weighted by Gasteiger charge is -2.10. The molecule has 0 heterocycles. The number of carbonyl (C=O) groups excluding carboxylic acids is 1. The molecule has 2 aromatic rings. The SMILES string of the molecule is CCOC(=O)c1ccccc1NSc1ccccc1[N+](=O)[O-]. The summed E-state index contributed by atoms with van der Waals surface area (Å²) in [5, 5.41) is 11.0. The Labute approximate surface area is 131 Å². The summed E-state index contributed by atoms with van der Waals surface area (Å²) in [5.74, 6) is -0.436. The number of hydrogen-bond donors (Lipinski definition) is 1. The Morgan fingerprint density at radius 3 is 2.64 bits per heavy atom.